The molecule has 2 aromatic rings. The Balaban J connectivity index is 2.24. The number of hydrogen-bond acceptors (Lipinski definition) is 4. The van der Waals surface area contributed by atoms with Gasteiger partial charge < -0.3 is 19.5 Å². The molecule has 0 aliphatic rings. The molecule has 0 unspecified atom stereocenters. The van der Waals surface area contributed by atoms with E-state index >= 15 is 0 Å². The molecule has 0 fully saturated rings. The minimum Gasteiger partial charge on any atom is -0.490 e. The Morgan fingerprint density at radius 2 is 1.58 bits per heavy atom. The van der Waals surface area contributed by atoms with Crippen molar-refractivity contribution >= 4 is 17.5 Å². The standard InChI is InChI=1S/C20H24ClNO4/c1-4-24-17-11-15(12-18(25-5-2)19(17)26-6-3)20(23)22-13-14-8-7-9-16(21)10-14/h7-12H,4-6,13H2,1-3H3,(H,22,23). The fraction of sp³-hybridized carbons (Fsp3) is 0.350. The summed E-state index contributed by atoms with van der Waals surface area (Å²) in [7, 11) is 0. The number of ether oxygens (including phenoxy) is 3. The molecule has 0 heterocycles. The summed E-state index contributed by atoms with van der Waals surface area (Å²) in [5, 5.41) is 3.52. The first-order valence-electron chi connectivity index (χ1n) is 8.68. The van der Waals surface area contributed by atoms with Crippen LogP contribution in [0.4, 0.5) is 0 Å². The number of carbonyl (C=O) groups is 1. The predicted octanol–water partition coefficient (Wildman–Crippen LogP) is 4.47. The summed E-state index contributed by atoms with van der Waals surface area (Å²) in [6.45, 7) is 7.40. The van der Waals surface area contributed by atoms with Crippen molar-refractivity contribution in [3.05, 3.63) is 52.5 Å². The number of hydrogen-bond donors (Lipinski definition) is 1. The third kappa shape index (κ3) is 5.30. The van der Waals surface area contributed by atoms with Gasteiger partial charge >= 0.3 is 0 Å². The maximum Gasteiger partial charge on any atom is 0.251 e. The topological polar surface area (TPSA) is 56.8 Å². The van der Waals surface area contributed by atoms with E-state index in [1.807, 2.05) is 39.0 Å². The highest BCUT2D eigenvalue weighted by Crippen LogP contribution is 2.39. The van der Waals surface area contributed by atoms with Crippen molar-refractivity contribution in [1.29, 1.82) is 0 Å². The van der Waals surface area contributed by atoms with Crippen molar-refractivity contribution in [2.45, 2.75) is 27.3 Å². The van der Waals surface area contributed by atoms with Crippen molar-refractivity contribution in [2.75, 3.05) is 19.8 Å². The summed E-state index contributed by atoms with van der Waals surface area (Å²) < 4.78 is 16.9. The molecular weight excluding hydrogens is 354 g/mol. The third-order valence-electron chi connectivity index (χ3n) is 3.51. The molecule has 0 atom stereocenters. The second kappa shape index (κ2) is 9.92. The number of nitrogens with one attached hydrogen (secondary N) is 1. The van der Waals surface area contributed by atoms with Crippen LogP contribution in [0.1, 0.15) is 36.7 Å². The SMILES string of the molecule is CCOc1cc(C(=O)NCc2cccc(Cl)c2)cc(OCC)c1OCC. The molecule has 2 rings (SSSR count). The van der Waals surface area contributed by atoms with Gasteiger partial charge in [-0.3, -0.25) is 4.79 Å². The Bertz CT molecular complexity index is 721. The third-order valence-corrected chi connectivity index (χ3v) is 3.75. The van der Waals surface area contributed by atoms with Crippen molar-refractivity contribution in [2.24, 2.45) is 0 Å². The van der Waals surface area contributed by atoms with E-state index in [1.165, 1.54) is 0 Å². The van der Waals surface area contributed by atoms with E-state index in [4.69, 9.17) is 25.8 Å². The summed E-state index contributed by atoms with van der Waals surface area (Å²) in [6, 6.07) is 10.7. The van der Waals surface area contributed by atoms with Crippen LogP contribution in [0.3, 0.4) is 0 Å². The first kappa shape index (κ1) is 19.9. The largest absolute Gasteiger partial charge is 0.490 e. The highest BCUT2D eigenvalue weighted by Gasteiger charge is 2.18. The van der Waals surface area contributed by atoms with E-state index in [2.05, 4.69) is 5.32 Å². The molecule has 0 aromatic heterocycles. The fourth-order valence-electron chi connectivity index (χ4n) is 2.45. The maximum absolute atomic E-state index is 12.6. The van der Waals surface area contributed by atoms with Crippen molar-refractivity contribution in [3.63, 3.8) is 0 Å². The lowest BCUT2D eigenvalue weighted by molar-refractivity contribution is 0.0949. The molecule has 0 aliphatic carbocycles. The van der Waals surface area contributed by atoms with Crippen molar-refractivity contribution in [1.82, 2.24) is 5.32 Å². The zero-order valence-electron chi connectivity index (χ0n) is 15.3. The highest BCUT2D eigenvalue weighted by molar-refractivity contribution is 6.30. The van der Waals surface area contributed by atoms with Crippen molar-refractivity contribution in [3.8, 4) is 17.2 Å². The Labute approximate surface area is 159 Å². The van der Waals surface area contributed by atoms with E-state index < -0.39 is 0 Å². The van der Waals surface area contributed by atoms with Gasteiger partial charge in [0.15, 0.2) is 11.5 Å². The van der Waals surface area contributed by atoms with Gasteiger partial charge in [0.2, 0.25) is 5.75 Å². The van der Waals surface area contributed by atoms with Crippen LogP contribution in [-0.4, -0.2) is 25.7 Å². The van der Waals surface area contributed by atoms with Crippen LogP contribution in [0.15, 0.2) is 36.4 Å². The van der Waals surface area contributed by atoms with Gasteiger partial charge in [0.05, 0.1) is 19.8 Å². The Kier molecular flexibility index (Phi) is 7.60. The molecule has 0 bridgehead atoms. The molecule has 6 heteroatoms. The van der Waals surface area contributed by atoms with Gasteiger partial charge in [-0.1, -0.05) is 23.7 Å². The lowest BCUT2D eigenvalue weighted by atomic mass is 10.1. The average Bonchev–Trinajstić information content (AvgIpc) is 2.62. The van der Waals surface area contributed by atoms with Crippen LogP contribution in [-0.2, 0) is 6.54 Å². The molecule has 0 saturated heterocycles. The van der Waals surface area contributed by atoms with Gasteiger partial charge in [0.25, 0.3) is 5.91 Å². The molecule has 0 spiro atoms. The van der Waals surface area contributed by atoms with Crippen LogP contribution >= 0.6 is 11.6 Å². The molecule has 1 amide bonds. The molecule has 2 aromatic carbocycles. The fourth-order valence-corrected chi connectivity index (χ4v) is 2.66. The maximum atomic E-state index is 12.6. The van der Waals surface area contributed by atoms with Crippen LogP contribution in [0.25, 0.3) is 0 Å². The molecule has 5 nitrogen and oxygen atoms in total. The van der Waals surface area contributed by atoms with Crippen LogP contribution in [0, 0.1) is 0 Å². The van der Waals surface area contributed by atoms with Crippen LogP contribution < -0.4 is 19.5 Å². The van der Waals surface area contributed by atoms with E-state index in [0.29, 0.717) is 54.2 Å². The van der Waals surface area contributed by atoms with E-state index in [1.54, 1.807) is 18.2 Å². The smallest absolute Gasteiger partial charge is 0.251 e. The molecule has 0 radical (unpaired) electrons. The molecule has 140 valence electrons. The molecule has 0 saturated carbocycles. The van der Waals surface area contributed by atoms with E-state index in [-0.39, 0.29) is 5.91 Å². The number of benzene rings is 2. The quantitative estimate of drug-likeness (QED) is 0.700. The summed E-state index contributed by atoms with van der Waals surface area (Å²) in [6.07, 6.45) is 0. The zero-order chi connectivity index (χ0) is 18.9. The molecule has 0 aliphatic heterocycles. The van der Waals surface area contributed by atoms with Gasteiger partial charge in [0.1, 0.15) is 0 Å². The minimum atomic E-state index is -0.227. The Hall–Kier alpha value is -2.40. The number of amides is 1. The summed E-state index contributed by atoms with van der Waals surface area (Å²) in [5.74, 6) is 1.28. The normalized spacial score (nSPS) is 10.3. The summed E-state index contributed by atoms with van der Waals surface area (Å²) in [4.78, 5) is 12.6. The summed E-state index contributed by atoms with van der Waals surface area (Å²) in [5.41, 5.74) is 1.37. The van der Waals surface area contributed by atoms with Gasteiger partial charge in [-0.05, 0) is 50.6 Å². The van der Waals surface area contributed by atoms with Gasteiger partial charge in [-0.15, -0.1) is 0 Å². The molecular formula is C20H24ClNO4. The van der Waals surface area contributed by atoms with Gasteiger partial charge in [0, 0.05) is 17.1 Å². The van der Waals surface area contributed by atoms with E-state index in [9.17, 15) is 4.79 Å². The average molecular weight is 378 g/mol. The Morgan fingerprint density at radius 3 is 2.12 bits per heavy atom. The van der Waals surface area contributed by atoms with Crippen LogP contribution in [0.5, 0.6) is 17.2 Å². The second-order valence-corrected chi connectivity index (χ2v) is 5.85. The first-order chi connectivity index (χ1) is 12.6. The first-order valence-corrected chi connectivity index (χ1v) is 9.05. The molecule has 26 heavy (non-hydrogen) atoms. The number of rotatable bonds is 9. The predicted molar refractivity (Wildman–Crippen MR) is 103 cm³/mol. The zero-order valence-corrected chi connectivity index (χ0v) is 16.1. The monoisotopic (exact) mass is 377 g/mol. The lowest BCUT2D eigenvalue weighted by Crippen LogP contribution is -2.23. The van der Waals surface area contributed by atoms with Crippen molar-refractivity contribution < 1.29 is 19.0 Å². The number of carbonyl (C=O) groups excluding carboxylic acids is 1. The van der Waals surface area contributed by atoms with Gasteiger partial charge in [-0.2, -0.15) is 0 Å². The molecule has 1 N–H and O–H groups in total. The van der Waals surface area contributed by atoms with Crippen LogP contribution in [0.2, 0.25) is 5.02 Å². The Morgan fingerprint density at radius 1 is 0.962 bits per heavy atom. The summed E-state index contributed by atoms with van der Waals surface area (Å²) >= 11 is 5.98. The van der Waals surface area contributed by atoms with Gasteiger partial charge in [-0.25, -0.2) is 0 Å². The van der Waals surface area contributed by atoms with E-state index in [0.717, 1.165) is 5.56 Å². The highest BCUT2D eigenvalue weighted by atomic mass is 35.5. The lowest BCUT2D eigenvalue weighted by Gasteiger charge is -2.17. The number of halogens is 1. The minimum absolute atomic E-state index is 0.227. The second-order valence-electron chi connectivity index (χ2n) is 5.41.